The first-order chi connectivity index (χ1) is 7.31. The highest BCUT2D eigenvalue weighted by molar-refractivity contribution is 14.1. The third-order valence-electron chi connectivity index (χ3n) is 1.75. The lowest BCUT2D eigenvalue weighted by Gasteiger charge is -2.12. The summed E-state index contributed by atoms with van der Waals surface area (Å²) in [4.78, 5) is 11.4. The Morgan fingerprint density at radius 1 is 1.50 bits per heavy atom. The normalized spacial score (nSPS) is 11.3. The quantitative estimate of drug-likeness (QED) is 0.841. The molecule has 6 heteroatoms. The minimum atomic E-state index is -3.01. The van der Waals surface area contributed by atoms with E-state index in [1.54, 1.807) is 22.6 Å². The fourth-order valence-electron chi connectivity index (χ4n) is 1.04. The van der Waals surface area contributed by atoms with E-state index >= 15 is 0 Å². The van der Waals surface area contributed by atoms with Crippen molar-refractivity contribution in [3.05, 3.63) is 33.1 Å². The third kappa shape index (κ3) is 3.66. The summed E-state index contributed by atoms with van der Waals surface area (Å²) in [7, 11) is 0. The smallest absolute Gasteiger partial charge is 0.262 e. The van der Waals surface area contributed by atoms with Crippen LogP contribution in [0.5, 0.6) is 0 Å². The van der Waals surface area contributed by atoms with E-state index < -0.39 is 24.2 Å². The maximum Gasteiger partial charge on any atom is 0.262 e. The van der Waals surface area contributed by atoms with Gasteiger partial charge in [-0.05, 0) is 34.7 Å². The summed E-state index contributed by atoms with van der Waals surface area (Å²) in [5.74, 6) is -4.56. The van der Waals surface area contributed by atoms with Gasteiger partial charge in [0.15, 0.2) is 0 Å². The van der Waals surface area contributed by atoms with Crippen molar-refractivity contribution in [3.63, 3.8) is 0 Å². The topological polar surface area (TPSA) is 29.1 Å². The molecule has 0 aliphatic rings. The van der Waals surface area contributed by atoms with Crippen LogP contribution in [0.25, 0.3) is 0 Å². The van der Waals surface area contributed by atoms with Gasteiger partial charge in [-0.2, -0.15) is 0 Å². The molecule has 16 heavy (non-hydrogen) atoms. The Balaban J connectivity index is 2.81. The lowest BCUT2D eigenvalue weighted by atomic mass is 10.2. The number of hydrogen-bond donors (Lipinski definition) is 1. The number of halogens is 4. The molecule has 0 bridgehead atoms. The van der Waals surface area contributed by atoms with Crippen LogP contribution in [0.15, 0.2) is 18.2 Å². The molecule has 1 aromatic rings. The molecule has 0 unspecified atom stereocenters. The summed E-state index contributed by atoms with van der Waals surface area (Å²) >= 11 is 1.77. The van der Waals surface area contributed by atoms with Crippen LogP contribution in [0.1, 0.15) is 17.3 Å². The zero-order valence-corrected chi connectivity index (χ0v) is 10.5. The molecule has 0 heterocycles. The second kappa shape index (κ2) is 5.03. The first kappa shape index (κ1) is 13.3. The van der Waals surface area contributed by atoms with E-state index in [0.29, 0.717) is 10.5 Å². The molecule has 88 valence electrons. The molecule has 0 aromatic heterocycles. The van der Waals surface area contributed by atoms with Crippen LogP contribution in [0.3, 0.4) is 0 Å². The third-order valence-corrected chi connectivity index (χ3v) is 2.65. The van der Waals surface area contributed by atoms with Gasteiger partial charge in [-0.15, -0.1) is 0 Å². The predicted octanol–water partition coefficient (Wildman–Crippen LogP) is 2.82. The molecule has 1 aromatic carbocycles. The maximum absolute atomic E-state index is 13.3. The summed E-state index contributed by atoms with van der Waals surface area (Å²) in [6.07, 6.45) is 0. The van der Waals surface area contributed by atoms with Crippen LogP contribution in [-0.2, 0) is 0 Å². The molecule has 0 atom stereocenters. The fraction of sp³-hybridized carbons (Fsp3) is 0.300. The molecular formula is C10H9F3INO. The van der Waals surface area contributed by atoms with Crippen LogP contribution < -0.4 is 5.32 Å². The lowest BCUT2D eigenvalue weighted by molar-refractivity contribution is 0.0220. The Morgan fingerprint density at radius 3 is 2.62 bits per heavy atom. The minimum Gasteiger partial charge on any atom is -0.346 e. The van der Waals surface area contributed by atoms with Gasteiger partial charge >= 0.3 is 0 Å². The molecule has 0 aliphatic carbocycles. The molecule has 0 radical (unpaired) electrons. The molecule has 0 saturated carbocycles. The standard InChI is InChI=1S/C10H9F3INO/c1-10(12,13)5-15-9(16)8-6(11)3-2-4-7(8)14/h2-4H,5H2,1H3,(H,15,16). The van der Waals surface area contributed by atoms with E-state index in [1.807, 2.05) is 5.32 Å². The number of hydrogen-bond acceptors (Lipinski definition) is 1. The van der Waals surface area contributed by atoms with Gasteiger partial charge in [0.1, 0.15) is 5.82 Å². The number of rotatable bonds is 3. The highest BCUT2D eigenvalue weighted by atomic mass is 127. The van der Waals surface area contributed by atoms with Gasteiger partial charge in [-0.25, -0.2) is 13.2 Å². The van der Waals surface area contributed by atoms with Gasteiger partial charge < -0.3 is 5.32 Å². The van der Waals surface area contributed by atoms with E-state index in [1.165, 1.54) is 12.1 Å². The van der Waals surface area contributed by atoms with E-state index in [4.69, 9.17) is 0 Å². The largest absolute Gasteiger partial charge is 0.346 e. The number of amides is 1. The van der Waals surface area contributed by atoms with Crippen molar-refractivity contribution in [2.24, 2.45) is 0 Å². The van der Waals surface area contributed by atoms with Gasteiger partial charge in [0.25, 0.3) is 11.8 Å². The molecule has 1 rings (SSSR count). The van der Waals surface area contributed by atoms with Gasteiger partial charge in [0.2, 0.25) is 0 Å². The number of nitrogens with one attached hydrogen (secondary N) is 1. The van der Waals surface area contributed by atoms with Gasteiger partial charge in [-0.1, -0.05) is 6.07 Å². The van der Waals surface area contributed by atoms with E-state index in [0.717, 1.165) is 6.07 Å². The number of alkyl halides is 2. The van der Waals surface area contributed by atoms with E-state index in [9.17, 15) is 18.0 Å². The van der Waals surface area contributed by atoms with Crippen molar-refractivity contribution in [1.29, 1.82) is 0 Å². The van der Waals surface area contributed by atoms with Crippen LogP contribution in [0.4, 0.5) is 13.2 Å². The Bertz CT molecular complexity index is 383. The summed E-state index contributed by atoms with van der Waals surface area (Å²) < 4.78 is 38.6. The monoisotopic (exact) mass is 343 g/mol. The van der Waals surface area contributed by atoms with Crippen LogP contribution in [0.2, 0.25) is 0 Å². The average molecular weight is 343 g/mol. The minimum absolute atomic E-state index is 0.202. The summed E-state index contributed by atoms with van der Waals surface area (Å²) in [5.41, 5.74) is -0.202. The second-order valence-corrected chi connectivity index (χ2v) is 4.51. The lowest BCUT2D eigenvalue weighted by Crippen LogP contribution is -2.35. The Hall–Kier alpha value is -0.790. The molecule has 1 N–H and O–H groups in total. The zero-order valence-electron chi connectivity index (χ0n) is 8.36. The zero-order chi connectivity index (χ0) is 12.3. The van der Waals surface area contributed by atoms with E-state index in [2.05, 4.69) is 0 Å². The van der Waals surface area contributed by atoms with Crippen molar-refractivity contribution in [1.82, 2.24) is 5.32 Å². The number of carbonyl (C=O) groups is 1. The number of carbonyl (C=O) groups excluding carboxylic acids is 1. The molecule has 0 fully saturated rings. The Labute approximate surface area is 104 Å². The van der Waals surface area contributed by atoms with Crippen LogP contribution in [-0.4, -0.2) is 18.4 Å². The summed E-state index contributed by atoms with van der Waals surface area (Å²) in [5, 5.41) is 1.99. The van der Waals surface area contributed by atoms with Crippen LogP contribution in [0, 0.1) is 9.39 Å². The van der Waals surface area contributed by atoms with Crippen molar-refractivity contribution < 1.29 is 18.0 Å². The second-order valence-electron chi connectivity index (χ2n) is 3.35. The first-order valence-corrected chi connectivity index (χ1v) is 5.49. The van der Waals surface area contributed by atoms with Gasteiger partial charge in [0.05, 0.1) is 12.1 Å². The van der Waals surface area contributed by atoms with Crippen molar-refractivity contribution in [2.75, 3.05) is 6.54 Å². The van der Waals surface area contributed by atoms with Crippen LogP contribution >= 0.6 is 22.6 Å². The summed E-state index contributed by atoms with van der Waals surface area (Å²) in [6.45, 7) is -0.129. The first-order valence-electron chi connectivity index (χ1n) is 4.41. The molecule has 0 aliphatic heterocycles. The summed E-state index contributed by atoms with van der Waals surface area (Å²) in [6, 6.07) is 4.09. The van der Waals surface area contributed by atoms with Crippen molar-refractivity contribution in [2.45, 2.75) is 12.8 Å². The fourth-order valence-corrected chi connectivity index (χ4v) is 1.75. The van der Waals surface area contributed by atoms with Crippen molar-refractivity contribution >= 4 is 28.5 Å². The molecule has 2 nitrogen and oxygen atoms in total. The molecule has 0 saturated heterocycles. The molecule has 1 amide bonds. The van der Waals surface area contributed by atoms with Crippen molar-refractivity contribution in [3.8, 4) is 0 Å². The van der Waals surface area contributed by atoms with Gasteiger partial charge in [0, 0.05) is 10.5 Å². The molecular weight excluding hydrogens is 334 g/mol. The van der Waals surface area contributed by atoms with Gasteiger partial charge in [-0.3, -0.25) is 4.79 Å². The Morgan fingerprint density at radius 2 is 2.12 bits per heavy atom. The number of benzene rings is 1. The SMILES string of the molecule is CC(F)(F)CNC(=O)c1c(F)cccc1I. The van der Waals surface area contributed by atoms with E-state index in [-0.39, 0.29) is 5.56 Å². The average Bonchev–Trinajstić information content (AvgIpc) is 2.13. The maximum atomic E-state index is 13.3. The molecule has 0 spiro atoms. The Kier molecular flexibility index (Phi) is 4.17. The highest BCUT2D eigenvalue weighted by Gasteiger charge is 2.23. The predicted molar refractivity (Wildman–Crippen MR) is 62.1 cm³/mol. The highest BCUT2D eigenvalue weighted by Crippen LogP contribution is 2.16.